The van der Waals surface area contributed by atoms with Gasteiger partial charge in [0.25, 0.3) is 5.91 Å². The van der Waals surface area contributed by atoms with Crippen LogP contribution in [0.15, 0.2) is 54.9 Å². The zero-order valence-electron chi connectivity index (χ0n) is 10.2. The zero-order valence-corrected chi connectivity index (χ0v) is 11.1. The first-order valence-electron chi connectivity index (χ1n) is 5.79. The Balaban J connectivity index is 2.09. The average molecular weight is 272 g/mol. The van der Waals surface area contributed by atoms with Gasteiger partial charge >= 0.3 is 0 Å². The molecule has 1 heterocycles. The van der Waals surface area contributed by atoms with Crippen molar-refractivity contribution in [3.8, 4) is 0 Å². The molecule has 0 aliphatic heterocycles. The van der Waals surface area contributed by atoms with Gasteiger partial charge in [-0.05, 0) is 12.1 Å². The van der Waals surface area contributed by atoms with Crippen LogP contribution in [0, 0.1) is 0 Å². The topological polar surface area (TPSA) is 59.0 Å². The Morgan fingerprint density at radius 1 is 1.16 bits per heavy atom. The van der Waals surface area contributed by atoms with Crippen molar-refractivity contribution in [1.82, 2.24) is 0 Å². The Morgan fingerprint density at radius 2 is 1.84 bits per heavy atom. The molecule has 0 fully saturated rings. The van der Waals surface area contributed by atoms with Crippen molar-refractivity contribution in [3.05, 3.63) is 60.4 Å². The molecule has 1 aromatic heterocycles. The number of carbonyl (C=O) groups excluding carboxylic acids is 1. The maximum atomic E-state index is 11.9. The lowest BCUT2D eigenvalue weighted by Gasteiger charge is -2.08. The Hall–Kier alpha value is -2.27. The van der Waals surface area contributed by atoms with Crippen molar-refractivity contribution in [2.45, 2.75) is 6.54 Å². The smallest absolute Gasteiger partial charge is 0.290 e. The number of amides is 1. The summed E-state index contributed by atoms with van der Waals surface area (Å²) in [6.07, 6.45) is 3.66. The molecule has 0 bridgehead atoms. The number of benzene rings is 1. The number of nitrogens with zero attached hydrogens (tertiary/aromatic N) is 1. The molecule has 0 saturated carbocycles. The Bertz CT molecular complexity index is 599. The summed E-state index contributed by atoms with van der Waals surface area (Å²) in [5.41, 5.74) is 6.92. The number of hydrogen-bond donors (Lipinski definition) is 2. The molecule has 3 N–H and O–H groups in total. The molecule has 0 spiro atoms. The van der Waals surface area contributed by atoms with Gasteiger partial charge in [0.05, 0.1) is 5.69 Å². The first-order chi connectivity index (χ1) is 9.16. The number of hydrogen-bond acceptors (Lipinski definition) is 2. The first kappa shape index (κ1) is 13.2. The van der Waals surface area contributed by atoms with E-state index < -0.39 is 0 Å². The van der Waals surface area contributed by atoms with Gasteiger partial charge in [0.1, 0.15) is 4.99 Å². The third-order valence-corrected chi connectivity index (χ3v) is 2.79. The van der Waals surface area contributed by atoms with Gasteiger partial charge in [-0.3, -0.25) is 4.79 Å². The van der Waals surface area contributed by atoms with Crippen LogP contribution in [0.2, 0.25) is 0 Å². The second-order valence-electron chi connectivity index (χ2n) is 4.01. The van der Waals surface area contributed by atoms with Gasteiger partial charge in [0.15, 0.2) is 12.4 Å². The van der Waals surface area contributed by atoms with Crippen LogP contribution in [0.5, 0.6) is 0 Å². The van der Waals surface area contributed by atoms with Crippen LogP contribution in [0.25, 0.3) is 0 Å². The summed E-state index contributed by atoms with van der Waals surface area (Å²) in [6.45, 7) is 0.243. The van der Waals surface area contributed by atoms with Crippen LogP contribution in [0.4, 0.5) is 5.69 Å². The van der Waals surface area contributed by atoms with Crippen molar-refractivity contribution in [3.63, 3.8) is 0 Å². The number of anilines is 1. The van der Waals surface area contributed by atoms with Gasteiger partial charge in [-0.15, -0.1) is 0 Å². The maximum Gasteiger partial charge on any atom is 0.290 e. The fourth-order valence-electron chi connectivity index (χ4n) is 1.70. The van der Waals surface area contributed by atoms with E-state index in [1.165, 1.54) is 0 Å². The molecule has 0 saturated heterocycles. The normalized spacial score (nSPS) is 9.89. The number of para-hydroxylation sites is 1. The van der Waals surface area contributed by atoms with E-state index >= 15 is 0 Å². The Labute approximate surface area is 116 Å². The number of nitrogens with two attached hydrogens (primary N) is 1. The number of aromatic nitrogens is 1. The predicted octanol–water partition coefficient (Wildman–Crippen LogP) is 1.25. The molecular weight excluding hydrogens is 258 g/mol. The highest BCUT2D eigenvalue weighted by atomic mass is 32.1. The molecule has 5 heteroatoms. The number of carbonyl (C=O) groups is 1. The van der Waals surface area contributed by atoms with Gasteiger partial charge in [-0.2, -0.15) is 4.57 Å². The van der Waals surface area contributed by atoms with Gasteiger partial charge in [-0.25, -0.2) is 0 Å². The summed E-state index contributed by atoms with van der Waals surface area (Å²) < 4.78 is 1.79. The number of nitrogens with one attached hydrogen (secondary N) is 1. The van der Waals surface area contributed by atoms with Crippen molar-refractivity contribution in [1.29, 1.82) is 0 Å². The van der Waals surface area contributed by atoms with E-state index in [0.29, 0.717) is 11.3 Å². The van der Waals surface area contributed by atoms with Gasteiger partial charge in [-0.1, -0.05) is 30.4 Å². The van der Waals surface area contributed by atoms with Crippen LogP contribution < -0.4 is 15.6 Å². The quantitative estimate of drug-likeness (QED) is 0.650. The number of thiocarbonyl (C=S) groups is 1. The fraction of sp³-hybridized carbons (Fsp3) is 0.0714. The van der Waals surface area contributed by atoms with E-state index in [-0.39, 0.29) is 17.4 Å². The molecule has 1 aromatic carbocycles. The Kier molecular flexibility index (Phi) is 4.20. The molecule has 0 aliphatic carbocycles. The maximum absolute atomic E-state index is 11.9. The standard InChI is InChI=1S/C14H13N3OS/c15-14(19)11-6-2-3-7-12(11)16-13(18)10-17-8-4-1-5-9-17/h1-9H,10H2,(H2-,15,16,18,19)/p+1. The minimum atomic E-state index is -0.125. The van der Waals surface area contributed by atoms with Crippen molar-refractivity contribution in [2.24, 2.45) is 5.73 Å². The molecule has 2 aromatic rings. The lowest BCUT2D eigenvalue weighted by atomic mass is 10.2. The molecular formula is C14H14N3OS+. The molecule has 0 unspecified atom stereocenters. The number of rotatable bonds is 4. The van der Waals surface area contributed by atoms with E-state index in [0.717, 1.165) is 0 Å². The minimum absolute atomic E-state index is 0.125. The lowest BCUT2D eigenvalue weighted by Crippen LogP contribution is -2.39. The molecule has 4 nitrogen and oxygen atoms in total. The first-order valence-corrected chi connectivity index (χ1v) is 6.20. The van der Waals surface area contributed by atoms with Crippen molar-refractivity contribution < 1.29 is 9.36 Å². The lowest BCUT2D eigenvalue weighted by molar-refractivity contribution is -0.684. The average Bonchev–Trinajstić information content (AvgIpc) is 2.40. The molecule has 96 valence electrons. The van der Waals surface area contributed by atoms with Gasteiger partial charge in [0, 0.05) is 17.7 Å². The SMILES string of the molecule is NC(=S)c1ccccc1NC(=O)C[n+]1ccccc1. The van der Waals surface area contributed by atoms with Crippen molar-refractivity contribution in [2.75, 3.05) is 5.32 Å². The third-order valence-electron chi connectivity index (χ3n) is 2.57. The summed E-state index contributed by atoms with van der Waals surface area (Å²) in [5, 5.41) is 2.81. The van der Waals surface area contributed by atoms with Crippen LogP contribution in [0.3, 0.4) is 0 Å². The Morgan fingerprint density at radius 3 is 2.53 bits per heavy atom. The summed E-state index contributed by atoms with van der Waals surface area (Å²) in [5.74, 6) is -0.125. The molecule has 2 rings (SSSR count). The zero-order chi connectivity index (χ0) is 13.7. The summed E-state index contributed by atoms with van der Waals surface area (Å²) in [7, 11) is 0. The number of pyridine rings is 1. The molecule has 1 amide bonds. The van der Waals surface area contributed by atoms with E-state index in [4.69, 9.17) is 18.0 Å². The molecule has 0 atom stereocenters. The molecule has 19 heavy (non-hydrogen) atoms. The van der Waals surface area contributed by atoms with Crippen LogP contribution in [-0.2, 0) is 11.3 Å². The minimum Gasteiger partial charge on any atom is -0.389 e. The van der Waals surface area contributed by atoms with E-state index in [9.17, 15) is 4.79 Å². The molecule has 0 radical (unpaired) electrons. The van der Waals surface area contributed by atoms with Crippen LogP contribution in [-0.4, -0.2) is 10.9 Å². The van der Waals surface area contributed by atoms with Gasteiger partial charge < -0.3 is 11.1 Å². The van der Waals surface area contributed by atoms with Crippen LogP contribution in [0.1, 0.15) is 5.56 Å². The fourth-order valence-corrected chi connectivity index (χ4v) is 1.88. The summed E-state index contributed by atoms with van der Waals surface area (Å²) >= 11 is 4.95. The molecule has 0 aliphatic rings. The monoisotopic (exact) mass is 272 g/mol. The summed E-state index contributed by atoms with van der Waals surface area (Å²) in [6, 6.07) is 12.9. The second-order valence-corrected chi connectivity index (χ2v) is 4.45. The van der Waals surface area contributed by atoms with E-state index in [2.05, 4.69) is 5.32 Å². The van der Waals surface area contributed by atoms with Crippen LogP contribution >= 0.6 is 12.2 Å². The highest BCUT2D eigenvalue weighted by Gasteiger charge is 2.11. The third kappa shape index (κ3) is 3.59. The van der Waals surface area contributed by atoms with Gasteiger partial charge in [0.2, 0.25) is 6.54 Å². The van der Waals surface area contributed by atoms with E-state index in [1.807, 2.05) is 42.7 Å². The van der Waals surface area contributed by atoms with Crippen molar-refractivity contribution >= 4 is 28.8 Å². The van der Waals surface area contributed by atoms with E-state index in [1.54, 1.807) is 16.7 Å². The highest BCUT2D eigenvalue weighted by molar-refractivity contribution is 7.80. The second kappa shape index (κ2) is 6.06. The summed E-state index contributed by atoms with van der Waals surface area (Å²) in [4.78, 5) is 12.2. The highest BCUT2D eigenvalue weighted by Crippen LogP contribution is 2.14. The predicted molar refractivity (Wildman–Crippen MR) is 77.6 cm³/mol. The largest absolute Gasteiger partial charge is 0.389 e.